The number of hydrogen-bond donors (Lipinski definition) is 4. The average Bonchev–Trinajstić information content (AvgIpc) is 3.22. The number of carbonyl (C=O) groups is 1. The number of amides is 1. The van der Waals surface area contributed by atoms with Gasteiger partial charge in [0, 0.05) is 24.0 Å². The van der Waals surface area contributed by atoms with E-state index in [4.69, 9.17) is 16.1 Å². The Hall–Kier alpha value is -2.71. The molecule has 7 nitrogen and oxygen atoms in total. The molecule has 0 bridgehead atoms. The van der Waals surface area contributed by atoms with Crippen LogP contribution in [-0.2, 0) is 17.8 Å². The second-order valence-corrected chi connectivity index (χ2v) is 7.57. The molecule has 3 rings (SSSR count). The zero-order valence-corrected chi connectivity index (χ0v) is 16.9. The molecule has 0 fully saturated rings. The number of phenolic OH excluding ortho intramolecular Hbond substituents is 2. The smallest absolute Gasteiger partial charge is 0.226 e. The van der Waals surface area contributed by atoms with Gasteiger partial charge in [0.05, 0.1) is 17.0 Å². The zero-order valence-electron chi connectivity index (χ0n) is 15.4. The Morgan fingerprint density at radius 1 is 1.32 bits per heavy atom. The van der Waals surface area contributed by atoms with E-state index in [-0.39, 0.29) is 40.2 Å². The van der Waals surface area contributed by atoms with E-state index in [9.17, 15) is 15.0 Å². The second kappa shape index (κ2) is 8.53. The van der Waals surface area contributed by atoms with Gasteiger partial charge in [-0.05, 0) is 36.9 Å². The lowest BCUT2D eigenvalue weighted by atomic mass is 10.1. The third-order valence-electron chi connectivity index (χ3n) is 4.17. The van der Waals surface area contributed by atoms with Crippen LogP contribution in [0.4, 0.5) is 5.69 Å². The van der Waals surface area contributed by atoms with Crippen molar-refractivity contribution < 1.29 is 19.5 Å². The first-order valence-electron chi connectivity index (χ1n) is 8.64. The molecule has 28 heavy (non-hydrogen) atoms. The molecule has 0 unspecified atom stereocenters. The van der Waals surface area contributed by atoms with Crippen LogP contribution in [0.1, 0.15) is 23.1 Å². The molecule has 1 aromatic carbocycles. The Kier molecular flexibility index (Phi) is 6.11. The molecule has 0 radical (unpaired) electrons. The first kappa shape index (κ1) is 20.0. The number of thiophene rings is 1. The number of phenols is 2. The fourth-order valence-electron chi connectivity index (χ4n) is 2.71. The number of aromatic hydroxyl groups is 2. The van der Waals surface area contributed by atoms with Crippen LogP contribution in [0.5, 0.6) is 11.5 Å². The standard InChI is InChI=1S/C19H20ClN3O4S/c1-3-21-17(26)7-13-18(22-9-16-10(2)4-5-28-16)19(27-23-13)11-6-12(20)15(25)8-14(11)24/h4-6,8,22,24-25H,3,7,9H2,1-2H3,(H,21,26). The van der Waals surface area contributed by atoms with Gasteiger partial charge in [-0.1, -0.05) is 16.8 Å². The maximum absolute atomic E-state index is 12.0. The molecule has 0 aliphatic carbocycles. The number of hydrogen-bond acceptors (Lipinski definition) is 7. The first-order chi connectivity index (χ1) is 13.4. The highest BCUT2D eigenvalue weighted by molar-refractivity contribution is 7.10. The number of aromatic nitrogens is 1. The molecule has 0 saturated heterocycles. The summed E-state index contributed by atoms with van der Waals surface area (Å²) in [7, 11) is 0. The highest BCUT2D eigenvalue weighted by atomic mass is 35.5. The van der Waals surface area contributed by atoms with E-state index in [0.717, 1.165) is 16.5 Å². The summed E-state index contributed by atoms with van der Waals surface area (Å²) >= 11 is 7.61. The van der Waals surface area contributed by atoms with Crippen molar-refractivity contribution in [3.63, 3.8) is 0 Å². The van der Waals surface area contributed by atoms with Crippen molar-refractivity contribution in [2.75, 3.05) is 11.9 Å². The van der Waals surface area contributed by atoms with Gasteiger partial charge in [-0.15, -0.1) is 11.3 Å². The third-order valence-corrected chi connectivity index (χ3v) is 5.49. The Morgan fingerprint density at radius 3 is 2.79 bits per heavy atom. The van der Waals surface area contributed by atoms with Crippen molar-refractivity contribution in [1.82, 2.24) is 10.5 Å². The maximum Gasteiger partial charge on any atom is 0.226 e. The summed E-state index contributed by atoms with van der Waals surface area (Å²) in [6.45, 7) is 4.87. The Bertz CT molecular complexity index is 999. The molecule has 0 aliphatic heterocycles. The number of likely N-dealkylation sites (N-methyl/N-ethyl adjacent to an activating group) is 1. The zero-order chi connectivity index (χ0) is 20.3. The fourth-order valence-corrected chi connectivity index (χ4v) is 3.72. The molecular formula is C19H20ClN3O4S. The van der Waals surface area contributed by atoms with E-state index in [1.165, 1.54) is 6.07 Å². The fraction of sp³-hybridized carbons (Fsp3) is 0.263. The number of anilines is 1. The number of aryl methyl sites for hydroxylation is 1. The lowest BCUT2D eigenvalue weighted by Gasteiger charge is -2.10. The molecule has 1 amide bonds. The topological polar surface area (TPSA) is 108 Å². The molecule has 3 aromatic rings. The molecule has 0 spiro atoms. The summed E-state index contributed by atoms with van der Waals surface area (Å²) in [5, 5.41) is 32.0. The minimum Gasteiger partial charge on any atom is -0.507 e. The van der Waals surface area contributed by atoms with Gasteiger partial charge in [-0.2, -0.15) is 0 Å². The normalized spacial score (nSPS) is 10.8. The van der Waals surface area contributed by atoms with Gasteiger partial charge in [0.1, 0.15) is 22.9 Å². The molecule has 2 heterocycles. The minimum absolute atomic E-state index is 0.0235. The lowest BCUT2D eigenvalue weighted by molar-refractivity contribution is -0.120. The number of nitrogens with one attached hydrogen (secondary N) is 2. The molecule has 9 heteroatoms. The number of nitrogens with zero attached hydrogens (tertiary/aromatic N) is 1. The molecule has 0 saturated carbocycles. The molecular weight excluding hydrogens is 402 g/mol. The van der Waals surface area contributed by atoms with Gasteiger partial charge in [0.2, 0.25) is 5.91 Å². The van der Waals surface area contributed by atoms with Crippen molar-refractivity contribution in [3.8, 4) is 22.8 Å². The van der Waals surface area contributed by atoms with Crippen molar-refractivity contribution in [2.45, 2.75) is 26.8 Å². The molecule has 2 aromatic heterocycles. The summed E-state index contributed by atoms with van der Waals surface area (Å²) in [5.41, 5.74) is 2.33. The van der Waals surface area contributed by atoms with Gasteiger partial charge >= 0.3 is 0 Å². The first-order valence-corrected chi connectivity index (χ1v) is 9.90. The van der Waals surface area contributed by atoms with Gasteiger partial charge < -0.3 is 25.4 Å². The third kappa shape index (κ3) is 4.23. The number of carbonyl (C=O) groups excluding carboxylic acids is 1. The number of rotatable bonds is 7. The molecule has 0 aliphatic rings. The van der Waals surface area contributed by atoms with Crippen LogP contribution in [0.25, 0.3) is 11.3 Å². The van der Waals surface area contributed by atoms with Gasteiger partial charge in [-0.25, -0.2) is 0 Å². The van der Waals surface area contributed by atoms with E-state index >= 15 is 0 Å². The summed E-state index contributed by atoms with van der Waals surface area (Å²) < 4.78 is 5.45. The van der Waals surface area contributed by atoms with Crippen LogP contribution in [0.15, 0.2) is 28.1 Å². The highest BCUT2D eigenvalue weighted by Crippen LogP contribution is 2.41. The highest BCUT2D eigenvalue weighted by Gasteiger charge is 2.23. The quantitative estimate of drug-likeness (QED) is 0.458. The van der Waals surface area contributed by atoms with Gasteiger partial charge in [0.25, 0.3) is 0 Å². The predicted octanol–water partition coefficient (Wildman–Crippen LogP) is 4.07. The van der Waals surface area contributed by atoms with Crippen LogP contribution in [-0.4, -0.2) is 27.8 Å². The number of halogens is 1. The van der Waals surface area contributed by atoms with Crippen LogP contribution in [0, 0.1) is 6.92 Å². The minimum atomic E-state index is -0.242. The average molecular weight is 422 g/mol. The van der Waals surface area contributed by atoms with Gasteiger partial charge in [-0.3, -0.25) is 4.79 Å². The Balaban J connectivity index is 1.99. The van der Waals surface area contributed by atoms with Crippen LogP contribution in [0.3, 0.4) is 0 Å². The van der Waals surface area contributed by atoms with E-state index in [0.29, 0.717) is 24.5 Å². The van der Waals surface area contributed by atoms with E-state index in [1.54, 1.807) is 11.3 Å². The Morgan fingerprint density at radius 2 is 2.11 bits per heavy atom. The molecule has 0 atom stereocenters. The molecule has 148 valence electrons. The van der Waals surface area contributed by atoms with Gasteiger partial charge in [0.15, 0.2) is 5.76 Å². The second-order valence-electron chi connectivity index (χ2n) is 6.16. The molecule has 4 N–H and O–H groups in total. The van der Waals surface area contributed by atoms with Crippen LogP contribution < -0.4 is 10.6 Å². The largest absolute Gasteiger partial charge is 0.507 e. The summed E-state index contributed by atoms with van der Waals surface area (Å²) in [6.07, 6.45) is 0.0235. The monoisotopic (exact) mass is 421 g/mol. The number of benzene rings is 1. The summed E-state index contributed by atoms with van der Waals surface area (Å²) in [6, 6.07) is 4.55. The van der Waals surface area contributed by atoms with Crippen LogP contribution in [0.2, 0.25) is 5.02 Å². The maximum atomic E-state index is 12.0. The van der Waals surface area contributed by atoms with E-state index in [1.807, 2.05) is 25.3 Å². The van der Waals surface area contributed by atoms with Crippen molar-refractivity contribution >= 4 is 34.5 Å². The van der Waals surface area contributed by atoms with E-state index in [2.05, 4.69) is 15.8 Å². The van der Waals surface area contributed by atoms with Crippen molar-refractivity contribution in [1.29, 1.82) is 0 Å². The lowest BCUT2D eigenvalue weighted by Crippen LogP contribution is -2.24. The predicted molar refractivity (Wildman–Crippen MR) is 109 cm³/mol. The summed E-state index contributed by atoms with van der Waals surface area (Å²) in [4.78, 5) is 13.2. The summed E-state index contributed by atoms with van der Waals surface area (Å²) in [5.74, 6) is -0.398. The Labute approximate surface area is 170 Å². The van der Waals surface area contributed by atoms with E-state index < -0.39 is 0 Å². The van der Waals surface area contributed by atoms with Crippen molar-refractivity contribution in [2.24, 2.45) is 0 Å². The van der Waals surface area contributed by atoms with Crippen molar-refractivity contribution in [3.05, 3.63) is 44.7 Å². The van der Waals surface area contributed by atoms with Crippen LogP contribution >= 0.6 is 22.9 Å². The SMILES string of the molecule is CCNC(=O)Cc1noc(-c2cc(Cl)c(O)cc2O)c1NCc1sccc1C.